The maximum atomic E-state index is 12.9. The fourth-order valence-electron chi connectivity index (χ4n) is 3.74. The average molecular weight is 584 g/mol. The van der Waals surface area contributed by atoms with E-state index < -0.39 is 26.0 Å². The molecule has 202 valence electrons. The summed E-state index contributed by atoms with van der Waals surface area (Å²) < 4.78 is 56.2. The summed E-state index contributed by atoms with van der Waals surface area (Å²) in [4.78, 5) is 13.0. The maximum Gasteiger partial charge on any atom is 0.261 e. The number of halogens is 1. The molecule has 8 nitrogen and oxygen atoms in total. The van der Waals surface area contributed by atoms with Crippen molar-refractivity contribution in [3.05, 3.63) is 112 Å². The van der Waals surface area contributed by atoms with Gasteiger partial charge in [0.1, 0.15) is 0 Å². The van der Waals surface area contributed by atoms with E-state index in [1.54, 1.807) is 18.2 Å². The topological polar surface area (TPSA) is 121 Å². The largest absolute Gasteiger partial charge is 0.322 e. The highest BCUT2D eigenvalue weighted by molar-refractivity contribution is 7.93. The predicted molar refractivity (Wildman–Crippen MR) is 155 cm³/mol. The molecule has 0 radical (unpaired) electrons. The third kappa shape index (κ3) is 6.78. The summed E-state index contributed by atoms with van der Waals surface area (Å²) in [6, 6.07) is 21.6. The van der Waals surface area contributed by atoms with Crippen LogP contribution in [-0.4, -0.2) is 22.7 Å². The van der Waals surface area contributed by atoms with Crippen molar-refractivity contribution in [1.82, 2.24) is 0 Å². The molecule has 3 N–H and O–H groups in total. The summed E-state index contributed by atoms with van der Waals surface area (Å²) in [5.41, 5.74) is 3.73. The van der Waals surface area contributed by atoms with Gasteiger partial charge < -0.3 is 5.32 Å². The van der Waals surface area contributed by atoms with E-state index in [1.807, 2.05) is 32.9 Å². The molecule has 1 amide bonds. The van der Waals surface area contributed by atoms with Crippen molar-refractivity contribution in [3.63, 3.8) is 0 Å². The van der Waals surface area contributed by atoms with Crippen LogP contribution in [-0.2, 0) is 20.0 Å². The third-order valence-electron chi connectivity index (χ3n) is 5.84. The molecule has 0 saturated heterocycles. The standard InChI is InChI=1S/C28H26ClN3O5S2/c1-18-4-10-23(11-5-18)38(34,35)31-22-9-14-26(29)25(17-22)28(33)30-21-7-12-24(13-8-21)39(36,37)32-27-15-6-19(2)16-20(27)3/h4-17,31-32H,1-3H3,(H,30,33). The Morgan fingerprint density at radius 3 is 1.79 bits per heavy atom. The maximum absolute atomic E-state index is 12.9. The molecule has 0 aliphatic carbocycles. The molecule has 0 bridgehead atoms. The van der Waals surface area contributed by atoms with Crippen molar-refractivity contribution in [2.45, 2.75) is 30.6 Å². The first-order valence-electron chi connectivity index (χ1n) is 11.7. The van der Waals surface area contributed by atoms with Gasteiger partial charge in [0.2, 0.25) is 0 Å². The van der Waals surface area contributed by atoms with Gasteiger partial charge in [-0.3, -0.25) is 14.2 Å². The monoisotopic (exact) mass is 583 g/mol. The van der Waals surface area contributed by atoms with Gasteiger partial charge in [-0.15, -0.1) is 0 Å². The van der Waals surface area contributed by atoms with Crippen molar-refractivity contribution in [2.24, 2.45) is 0 Å². The van der Waals surface area contributed by atoms with Crippen LogP contribution < -0.4 is 14.8 Å². The Bertz CT molecular complexity index is 1750. The summed E-state index contributed by atoms with van der Waals surface area (Å²) in [6.07, 6.45) is 0. The molecular weight excluding hydrogens is 558 g/mol. The lowest BCUT2D eigenvalue weighted by Gasteiger charge is -2.13. The summed E-state index contributed by atoms with van der Waals surface area (Å²) >= 11 is 6.22. The van der Waals surface area contributed by atoms with E-state index >= 15 is 0 Å². The summed E-state index contributed by atoms with van der Waals surface area (Å²) in [7, 11) is -7.73. The van der Waals surface area contributed by atoms with Gasteiger partial charge in [0.15, 0.2) is 0 Å². The number of carbonyl (C=O) groups is 1. The summed E-state index contributed by atoms with van der Waals surface area (Å²) in [5, 5.41) is 2.77. The van der Waals surface area contributed by atoms with E-state index in [2.05, 4.69) is 14.8 Å². The number of benzene rings is 4. The highest BCUT2D eigenvalue weighted by Crippen LogP contribution is 2.25. The molecule has 0 aromatic heterocycles. The molecule has 0 heterocycles. The minimum absolute atomic E-state index is 0.0195. The second-order valence-electron chi connectivity index (χ2n) is 9.02. The van der Waals surface area contributed by atoms with Gasteiger partial charge in [0.25, 0.3) is 26.0 Å². The first-order valence-corrected chi connectivity index (χ1v) is 15.1. The zero-order valence-corrected chi connectivity index (χ0v) is 23.7. The van der Waals surface area contributed by atoms with Crippen molar-refractivity contribution in [3.8, 4) is 0 Å². The molecule has 4 aromatic carbocycles. The van der Waals surface area contributed by atoms with Gasteiger partial charge in [-0.05, 0) is 87.0 Å². The SMILES string of the molecule is Cc1ccc(S(=O)(=O)Nc2ccc(Cl)c(C(=O)Nc3ccc(S(=O)(=O)Nc4ccc(C)cc4C)cc3)c2)cc1. The van der Waals surface area contributed by atoms with Crippen LogP contribution in [0.15, 0.2) is 94.7 Å². The van der Waals surface area contributed by atoms with E-state index in [0.717, 1.165) is 16.7 Å². The van der Waals surface area contributed by atoms with Crippen LogP contribution in [0.3, 0.4) is 0 Å². The van der Waals surface area contributed by atoms with Gasteiger partial charge in [0.05, 0.1) is 26.1 Å². The number of hydrogen-bond donors (Lipinski definition) is 3. The average Bonchev–Trinajstić information content (AvgIpc) is 2.87. The van der Waals surface area contributed by atoms with Gasteiger partial charge in [0, 0.05) is 11.4 Å². The molecular formula is C28H26ClN3O5S2. The molecule has 0 unspecified atom stereocenters. The van der Waals surface area contributed by atoms with E-state index in [1.165, 1.54) is 54.6 Å². The Kier molecular flexibility index (Phi) is 8.01. The predicted octanol–water partition coefficient (Wildman–Crippen LogP) is 6.12. The number of amides is 1. The van der Waals surface area contributed by atoms with Crippen molar-refractivity contribution in [1.29, 1.82) is 0 Å². The Morgan fingerprint density at radius 2 is 1.18 bits per heavy atom. The van der Waals surface area contributed by atoms with Gasteiger partial charge in [-0.2, -0.15) is 0 Å². The smallest absolute Gasteiger partial charge is 0.261 e. The highest BCUT2D eigenvalue weighted by Gasteiger charge is 2.18. The lowest BCUT2D eigenvalue weighted by atomic mass is 10.1. The number of carbonyl (C=O) groups excluding carboxylic acids is 1. The summed E-state index contributed by atoms with van der Waals surface area (Å²) in [6.45, 7) is 5.59. The second kappa shape index (κ2) is 11.1. The third-order valence-corrected chi connectivity index (χ3v) is 8.95. The second-order valence-corrected chi connectivity index (χ2v) is 12.8. The lowest BCUT2D eigenvalue weighted by Crippen LogP contribution is -2.16. The first kappa shape index (κ1) is 28.2. The molecule has 39 heavy (non-hydrogen) atoms. The number of rotatable bonds is 8. The van der Waals surface area contributed by atoms with E-state index in [9.17, 15) is 21.6 Å². The zero-order chi connectivity index (χ0) is 28.4. The van der Waals surface area contributed by atoms with Crippen molar-refractivity contribution in [2.75, 3.05) is 14.8 Å². The number of sulfonamides is 2. The van der Waals surface area contributed by atoms with Crippen molar-refractivity contribution >= 4 is 54.6 Å². The van der Waals surface area contributed by atoms with Crippen LogP contribution in [0.25, 0.3) is 0 Å². The van der Waals surface area contributed by atoms with Gasteiger partial charge in [-0.25, -0.2) is 16.8 Å². The van der Waals surface area contributed by atoms with Crippen LogP contribution in [0.5, 0.6) is 0 Å². The van der Waals surface area contributed by atoms with Crippen LogP contribution in [0.2, 0.25) is 5.02 Å². The number of nitrogens with one attached hydrogen (secondary N) is 3. The normalized spacial score (nSPS) is 11.6. The summed E-state index contributed by atoms with van der Waals surface area (Å²) in [5.74, 6) is -0.597. The number of anilines is 3. The molecule has 0 saturated carbocycles. The number of aryl methyl sites for hydroxylation is 3. The molecule has 0 fully saturated rings. The van der Waals surface area contributed by atoms with E-state index in [4.69, 9.17) is 11.6 Å². The quantitative estimate of drug-likeness (QED) is 0.231. The minimum atomic E-state index is -3.88. The fourth-order valence-corrected chi connectivity index (χ4v) is 6.13. The fraction of sp³-hybridized carbons (Fsp3) is 0.107. The Balaban J connectivity index is 1.48. The van der Waals surface area contributed by atoms with E-state index in [0.29, 0.717) is 11.4 Å². The van der Waals surface area contributed by atoms with Crippen LogP contribution >= 0.6 is 11.6 Å². The van der Waals surface area contributed by atoms with Crippen LogP contribution in [0, 0.1) is 20.8 Å². The minimum Gasteiger partial charge on any atom is -0.322 e. The number of hydrogen-bond acceptors (Lipinski definition) is 5. The zero-order valence-electron chi connectivity index (χ0n) is 21.3. The van der Waals surface area contributed by atoms with Gasteiger partial charge >= 0.3 is 0 Å². The Hall–Kier alpha value is -3.86. The molecule has 0 atom stereocenters. The first-order chi connectivity index (χ1) is 18.3. The van der Waals surface area contributed by atoms with Gasteiger partial charge in [-0.1, -0.05) is 47.0 Å². The molecule has 11 heteroatoms. The van der Waals surface area contributed by atoms with E-state index in [-0.39, 0.29) is 26.1 Å². The molecule has 4 rings (SSSR count). The van der Waals surface area contributed by atoms with Crippen LogP contribution in [0.4, 0.5) is 17.1 Å². The Labute approximate surface area is 233 Å². The Morgan fingerprint density at radius 1 is 0.641 bits per heavy atom. The lowest BCUT2D eigenvalue weighted by molar-refractivity contribution is 0.102. The molecule has 4 aromatic rings. The highest BCUT2D eigenvalue weighted by atomic mass is 35.5. The van der Waals surface area contributed by atoms with Crippen LogP contribution in [0.1, 0.15) is 27.0 Å². The van der Waals surface area contributed by atoms with Crippen molar-refractivity contribution < 1.29 is 21.6 Å². The molecule has 0 aliphatic heterocycles. The molecule has 0 spiro atoms. The molecule has 0 aliphatic rings.